The highest BCUT2D eigenvalue weighted by molar-refractivity contribution is 8.14. The number of hydrogen-bond acceptors (Lipinski definition) is 9. The zero-order valence-corrected chi connectivity index (χ0v) is 15.7. The lowest BCUT2D eigenvalue weighted by atomic mass is 10.1. The van der Waals surface area contributed by atoms with Gasteiger partial charge < -0.3 is 19.1 Å². The molecule has 0 aliphatic carbocycles. The van der Waals surface area contributed by atoms with E-state index in [1.54, 1.807) is 13.0 Å². The van der Waals surface area contributed by atoms with E-state index in [2.05, 4.69) is 4.99 Å². The molecule has 1 aromatic carbocycles. The van der Waals surface area contributed by atoms with Gasteiger partial charge >= 0.3 is 5.97 Å². The Morgan fingerprint density at radius 3 is 2.96 bits per heavy atom. The number of carbonyl (C=O) groups is 1. The van der Waals surface area contributed by atoms with Gasteiger partial charge in [0.1, 0.15) is 0 Å². The number of hydrogen-bond donors (Lipinski definition) is 0. The van der Waals surface area contributed by atoms with Crippen LogP contribution in [-0.4, -0.2) is 62.3 Å². The summed E-state index contributed by atoms with van der Waals surface area (Å²) >= 11 is 1.26. The van der Waals surface area contributed by atoms with Crippen LogP contribution in [0.15, 0.2) is 23.2 Å². The first-order chi connectivity index (χ1) is 12.5. The van der Waals surface area contributed by atoms with Crippen molar-refractivity contribution in [2.75, 3.05) is 35.6 Å². The largest absolute Gasteiger partial charge is 0.465 e. The van der Waals surface area contributed by atoms with E-state index < -0.39 is 9.84 Å². The van der Waals surface area contributed by atoms with Crippen molar-refractivity contribution in [3.63, 3.8) is 0 Å². The number of sulfone groups is 1. The van der Waals surface area contributed by atoms with Crippen LogP contribution in [-0.2, 0) is 19.4 Å². The van der Waals surface area contributed by atoms with E-state index in [0.717, 1.165) is 5.69 Å². The molecule has 0 unspecified atom stereocenters. The van der Waals surface area contributed by atoms with Gasteiger partial charge in [-0.1, -0.05) is 11.8 Å². The second-order valence-electron chi connectivity index (χ2n) is 6.12. The Hall–Kier alpha value is -1.94. The Morgan fingerprint density at radius 1 is 1.35 bits per heavy atom. The molecule has 3 aliphatic rings. The van der Waals surface area contributed by atoms with Crippen molar-refractivity contribution in [1.82, 2.24) is 0 Å². The standard InChI is InChI=1S/C16H18N2O6S2/c1-2-22-15(19)6-25-16-17-11-7-26(20,21)8-12(11)18(16)10-3-4-13-14(5-10)24-9-23-13/h3-5,11-12H,2,6-9H2,1H3/t11-,12+/m0/s1. The SMILES string of the molecule is CCOC(=O)CSC1=N[C@H]2CS(=O)(=O)C[C@H]2N1c1ccc2c(c1)OCO2. The molecule has 0 spiro atoms. The maximum Gasteiger partial charge on any atom is 0.316 e. The average molecular weight is 398 g/mol. The number of fused-ring (bicyclic) bond motifs is 2. The molecule has 4 rings (SSSR count). The van der Waals surface area contributed by atoms with Crippen molar-refractivity contribution in [3.8, 4) is 11.5 Å². The summed E-state index contributed by atoms with van der Waals surface area (Å²) in [5, 5.41) is 0.627. The topological polar surface area (TPSA) is 94.5 Å². The minimum absolute atomic E-state index is 0.0299. The van der Waals surface area contributed by atoms with Crippen LogP contribution in [0.2, 0.25) is 0 Å². The van der Waals surface area contributed by atoms with E-state index in [1.165, 1.54) is 11.8 Å². The third kappa shape index (κ3) is 3.23. The molecule has 26 heavy (non-hydrogen) atoms. The van der Waals surface area contributed by atoms with Gasteiger partial charge in [-0.2, -0.15) is 0 Å². The van der Waals surface area contributed by atoms with Gasteiger partial charge in [0.05, 0.1) is 35.9 Å². The quantitative estimate of drug-likeness (QED) is 0.695. The number of nitrogens with zero attached hydrogens (tertiary/aromatic N) is 2. The van der Waals surface area contributed by atoms with E-state index in [0.29, 0.717) is 23.3 Å². The van der Waals surface area contributed by atoms with Crippen molar-refractivity contribution in [1.29, 1.82) is 0 Å². The molecule has 1 fully saturated rings. The van der Waals surface area contributed by atoms with Gasteiger partial charge in [-0.05, 0) is 19.1 Å². The molecule has 0 amide bonds. The summed E-state index contributed by atoms with van der Waals surface area (Å²) in [6, 6.07) is 4.86. The maximum absolute atomic E-state index is 12.0. The van der Waals surface area contributed by atoms with E-state index >= 15 is 0 Å². The van der Waals surface area contributed by atoms with Crippen molar-refractivity contribution in [3.05, 3.63) is 18.2 Å². The van der Waals surface area contributed by atoms with Gasteiger partial charge in [0.2, 0.25) is 6.79 Å². The van der Waals surface area contributed by atoms with Crippen molar-refractivity contribution < 1.29 is 27.4 Å². The van der Waals surface area contributed by atoms with E-state index in [9.17, 15) is 13.2 Å². The second kappa shape index (κ2) is 6.66. The molecule has 140 valence electrons. The van der Waals surface area contributed by atoms with Crippen LogP contribution in [0.3, 0.4) is 0 Å². The third-order valence-corrected chi connectivity index (χ3v) is 7.01. The first-order valence-electron chi connectivity index (χ1n) is 8.22. The molecule has 2 atom stereocenters. The summed E-state index contributed by atoms with van der Waals surface area (Å²) in [5.41, 5.74) is 0.772. The molecule has 3 heterocycles. The Kier molecular flexibility index (Phi) is 4.47. The minimum atomic E-state index is -3.13. The van der Waals surface area contributed by atoms with Crippen LogP contribution < -0.4 is 14.4 Å². The fourth-order valence-electron chi connectivity index (χ4n) is 3.30. The number of thioether (sulfide) groups is 1. The molecule has 3 aliphatic heterocycles. The first-order valence-corrected chi connectivity index (χ1v) is 11.0. The summed E-state index contributed by atoms with van der Waals surface area (Å²) in [4.78, 5) is 18.2. The van der Waals surface area contributed by atoms with Crippen LogP contribution in [0.5, 0.6) is 11.5 Å². The van der Waals surface area contributed by atoms with Crippen molar-refractivity contribution in [2.24, 2.45) is 4.99 Å². The van der Waals surface area contributed by atoms with Gasteiger partial charge in [-0.3, -0.25) is 9.79 Å². The van der Waals surface area contributed by atoms with E-state index in [-0.39, 0.29) is 42.1 Å². The molecule has 10 heteroatoms. The fourth-order valence-corrected chi connectivity index (χ4v) is 6.06. The zero-order valence-electron chi connectivity index (χ0n) is 14.1. The summed E-state index contributed by atoms with van der Waals surface area (Å²) in [6.07, 6.45) is 0. The number of ether oxygens (including phenoxy) is 3. The number of amidine groups is 1. The van der Waals surface area contributed by atoms with Gasteiger partial charge in [-0.25, -0.2) is 8.42 Å². The number of esters is 1. The molecule has 0 radical (unpaired) electrons. The molecule has 1 saturated heterocycles. The summed E-state index contributed by atoms with van der Waals surface area (Å²) in [7, 11) is -3.13. The third-order valence-electron chi connectivity index (χ3n) is 4.37. The Bertz CT molecular complexity index is 869. The predicted molar refractivity (Wildman–Crippen MR) is 97.8 cm³/mol. The van der Waals surface area contributed by atoms with Crippen molar-refractivity contribution in [2.45, 2.75) is 19.0 Å². The number of anilines is 1. The Labute approximate surface area is 155 Å². The first kappa shape index (κ1) is 17.5. The molecule has 0 bridgehead atoms. The lowest BCUT2D eigenvalue weighted by Gasteiger charge is -2.26. The Morgan fingerprint density at radius 2 is 2.15 bits per heavy atom. The van der Waals surface area contributed by atoms with Crippen LogP contribution in [0, 0.1) is 0 Å². The summed E-state index contributed by atoms with van der Waals surface area (Å²) in [5.74, 6) is 1.14. The number of carbonyl (C=O) groups excluding carboxylic acids is 1. The van der Waals surface area contributed by atoms with Gasteiger partial charge in [0, 0.05) is 11.8 Å². The smallest absolute Gasteiger partial charge is 0.316 e. The molecule has 1 aromatic rings. The molecular weight excluding hydrogens is 380 g/mol. The van der Waals surface area contributed by atoms with Gasteiger partial charge in [0.15, 0.2) is 26.5 Å². The van der Waals surface area contributed by atoms with Gasteiger partial charge in [0.25, 0.3) is 0 Å². The lowest BCUT2D eigenvalue weighted by molar-refractivity contribution is -0.139. The van der Waals surface area contributed by atoms with Crippen LogP contribution in [0.25, 0.3) is 0 Å². The normalized spacial score (nSPS) is 25.1. The number of rotatable bonds is 4. The average Bonchev–Trinajstić information content (AvgIpc) is 3.24. The fraction of sp³-hybridized carbons (Fsp3) is 0.500. The highest BCUT2D eigenvalue weighted by atomic mass is 32.2. The minimum Gasteiger partial charge on any atom is -0.465 e. The molecule has 0 N–H and O–H groups in total. The monoisotopic (exact) mass is 398 g/mol. The summed E-state index contributed by atoms with van der Waals surface area (Å²) in [6.45, 7) is 2.24. The zero-order chi connectivity index (χ0) is 18.3. The molecule has 8 nitrogen and oxygen atoms in total. The van der Waals surface area contributed by atoms with E-state index in [1.807, 2.05) is 17.0 Å². The number of benzene rings is 1. The number of aliphatic imine (C=N–C) groups is 1. The highest BCUT2D eigenvalue weighted by Crippen LogP contribution is 2.40. The Balaban J connectivity index is 1.62. The molecule has 0 saturated carbocycles. The second-order valence-corrected chi connectivity index (χ2v) is 9.22. The maximum atomic E-state index is 12.0. The van der Waals surface area contributed by atoms with Crippen LogP contribution in [0.4, 0.5) is 5.69 Å². The van der Waals surface area contributed by atoms with Crippen molar-refractivity contribution >= 4 is 38.4 Å². The van der Waals surface area contributed by atoms with Crippen LogP contribution in [0.1, 0.15) is 6.92 Å². The predicted octanol–water partition coefficient (Wildman–Crippen LogP) is 1.05. The molecular formula is C16H18N2O6S2. The molecule has 0 aromatic heterocycles. The van der Waals surface area contributed by atoms with Gasteiger partial charge in [-0.15, -0.1) is 0 Å². The lowest BCUT2D eigenvalue weighted by Crippen LogP contribution is -2.39. The van der Waals surface area contributed by atoms with E-state index in [4.69, 9.17) is 14.2 Å². The summed E-state index contributed by atoms with van der Waals surface area (Å²) < 4.78 is 39.8. The highest BCUT2D eigenvalue weighted by Gasteiger charge is 2.47. The van der Waals surface area contributed by atoms with Crippen LogP contribution >= 0.6 is 11.8 Å².